The lowest BCUT2D eigenvalue weighted by Gasteiger charge is -2.04. The summed E-state index contributed by atoms with van der Waals surface area (Å²) in [6.45, 7) is 5.56. The van der Waals surface area contributed by atoms with Crippen molar-refractivity contribution in [2.75, 3.05) is 13.2 Å². The van der Waals surface area contributed by atoms with Gasteiger partial charge < -0.3 is 10.1 Å². The average Bonchev–Trinajstić information content (AvgIpc) is 2.63. The van der Waals surface area contributed by atoms with Crippen LogP contribution in [0.2, 0.25) is 0 Å². The van der Waals surface area contributed by atoms with Crippen LogP contribution >= 0.6 is 0 Å². The van der Waals surface area contributed by atoms with Crippen LogP contribution in [0.4, 0.5) is 0 Å². The zero-order valence-electron chi connectivity index (χ0n) is 7.09. The number of carbonyl (C=O) groups excluding carboxylic acids is 1. The van der Waals surface area contributed by atoms with Gasteiger partial charge in [-0.2, -0.15) is 0 Å². The predicted molar refractivity (Wildman–Crippen MR) is 42.2 cm³/mol. The van der Waals surface area contributed by atoms with Gasteiger partial charge >= 0.3 is 0 Å². The highest BCUT2D eigenvalue weighted by molar-refractivity contribution is 5.76. The third-order valence-electron chi connectivity index (χ3n) is 1.52. The van der Waals surface area contributed by atoms with Gasteiger partial charge in [0.25, 0.3) is 0 Å². The van der Waals surface area contributed by atoms with E-state index in [4.69, 9.17) is 4.74 Å². The minimum atomic E-state index is 0.135. The molecule has 1 aliphatic rings. The van der Waals surface area contributed by atoms with Gasteiger partial charge in [0.05, 0.1) is 12.7 Å². The van der Waals surface area contributed by atoms with E-state index in [2.05, 4.69) is 5.32 Å². The number of ether oxygens (including phenoxy) is 1. The van der Waals surface area contributed by atoms with E-state index in [1.165, 1.54) is 0 Å². The summed E-state index contributed by atoms with van der Waals surface area (Å²) in [5, 5.41) is 2.81. The van der Waals surface area contributed by atoms with Gasteiger partial charge in [0.1, 0.15) is 0 Å². The van der Waals surface area contributed by atoms with Crippen LogP contribution in [0.5, 0.6) is 0 Å². The van der Waals surface area contributed by atoms with Crippen molar-refractivity contribution in [3.63, 3.8) is 0 Å². The highest BCUT2D eigenvalue weighted by Crippen LogP contribution is 2.06. The van der Waals surface area contributed by atoms with Crippen molar-refractivity contribution in [3.05, 3.63) is 0 Å². The Labute approximate surface area is 67.1 Å². The summed E-state index contributed by atoms with van der Waals surface area (Å²) in [5.41, 5.74) is 0. The molecular formula is C8H15NO2. The van der Waals surface area contributed by atoms with Crippen molar-refractivity contribution in [1.82, 2.24) is 5.32 Å². The lowest BCUT2D eigenvalue weighted by atomic mass is 10.1. The second-order valence-corrected chi connectivity index (χ2v) is 3.36. The number of hydrogen-bond donors (Lipinski definition) is 1. The normalized spacial score (nSPS) is 21.9. The summed E-state index contributed by atoms with van der Waals surface area (Å²) < 4.78 is 4.95. The Morgan fingerprint density at radius 2 is 2.36 bits per heavy atom. The topological polar surface area (TPSA) is 41.6 Å². The van der Waals surface area contributed by atoms with E-state index in [9.17, 15) is 4.79 Å². The number of hydrogen-bond acceptors (Lipinski definition) is 2. The minimum absolute atomic E-state index is 0.135. The molecule has 3 heteroatoms. The minimum Gasteiger partial charge on any atom is -0.371 e. The van der Waals surface area contributed by atoms with Crippen LogP contribution in [0.1, 0.15) is 20.3 Å². The molecule has 1 heterocycles. The van der Waals surface area contributed by atoms with Crippen LogP contribution in [0.3, 0.4) is 0 Å². The Morgan fingerprint density at radius 3 is 2.82 bits per heavy atom. The van der Waals surface area contributed by atoms with E-state index in [0.29, 0.717) is 25.0 Å². The molecule has 0 aliphatic carbocycles. The fraction of sp³-hybridized carbons (Fsp3) is 0.875. The lowest BCUT2D eigenvalue weighted by Crippen LogP contribution is -2.28. The molecule has 1 rings (SSSR count). The van der Waals surface area contributed by atoms with Crippen molar-refractivity contribution in [2.24, 2.45) is 5.92 Å². The van der Waals surface area contributed by atoms with Crippen molar-refractivity contribution in [1.29, 1.82) is 0 Å². The summed E-state index contributed by atoms with van der Waals surface area (Å²) in [7, 11) is 0. The van der Waals surface area contributed by atoms with Crippen LogP contribution in [0, 0.1) is 5.92 Å². The smallest absolute Gasteiger partial charge is 0.220 e. The fourth-order valence-electron chi connectivity index (χ4n) is 0.857. The highest BCUT2D eigenvalue weighted by atomic mass is 16.6. The Hall–Kier alpha value is -0.570. The Morgan fingerprint density at radius 1 is 1.73 bits per heavy atom. The molecule has 1 fully saturated rings. The van der Waals surface area contributed by atoms with Crippen molar-refractivity contribution >= 4 is 5.91 Å². The molecular weight excluding hydrogens is 142 g/mol. The van der Waals surface area contributed by atoms with Crippen LogP contribution < -0.4 is 5.32 Å². The molecule has 1 atom stereocenters. The molecule has 0 aromatic heterocycles. The quantitative estimate of drug-likeness (QED) is 0.605. The number of nitrogens with one attached hydrogen (secondary N) is 1. The van der Waals surface area contributed by atoms with Crippen molar-refractivity contribution in [2.45, 2.75) is 26.4 Å². The molecule has 0 unspecified atom stereocenters. The molecule has 0 aromatic rings. The number of amides is 1. The van der Waals surface area contributed by atoms with Gasteiger partial charge in [0.15, 0.2) is 0 Å². The van der Waals surface area contributed by atoms with E-state index in [1.54, 1.807) is 0 Å². The molecule has 1 aliphatic heterocycles. The van der Waals surface area contributed by atoms with E-state index in [1.807, 2.05) is 13.8 Å². The zero-order chi connectivity index (χ0) is 8.27. The summed E-state index contributed by atoms with van der Waals surface area (Å²) in [5.74, 6) is 0.575. The third-order valence-corrected chi connectivity index (χ3v) is 1.52. The Bertz CT molecular complexity index is 141. The van der Waals surface area contributed by atoms with E-state index >= 15 is 0 Å². The molecule has 1 saturated heterocycles. The van der Waals surface area contributed by atoms with Crippen LogP contribution in [0.15, 0.2) is 0 Å². The zero-order valence-corrected chi connectivity index (χ0v) is 7.09. The number of epoxide rings is 1. The number of rotatable bonds is 4. The van der Waals surface area contributed by atoms with Gasteiger partial charge in [-0.05, 0) is 5.92 Å². The fourth-order valence-corrected chi connectivity index (χ4v) is 0.857. The molecule has 64 valence electrons. The second-order valence-electron chi connectivity index (χ2n) is 3.36. The van der Waals surface area contributed by atoms with E-state index in [0.717, 1.165) is 6.61 Å². The van der Waals surface area contributed by atoms with E-state index in [-0.39, 0.29) is 5.91 Å². The SMILES string of the molecule is CC(C)CC(=O)NC[C@H]1CO1. The Kier molecular flexibility index (Phi) is 2.88. The molecule has 11 heavy (non-hydrogen) atoms. The molecule has 0 saturated carbocycles. The van der Waals surface area contributed by atoms with Gasteiger partial charge in [0, 0.05) is 13.0 Å². The number of carbonyl (C=O) groups is 1. The largest absolute Gasteiger partial charge is 0.371 e. The maximum absolute atomic E-state index is 11.0. The first-order chi connectivity index (χ1) is 5.18. The molecule has 0 bridgehead atoms. The molecule has 1 N–H and O–H groups in total. The summed E-state index contributed by atoms with van der Waals surface area (Å²) in [6.07, 6.45) is 0.915. The van der Waals surface area contributed by atoms with Gasteiger partial charge in [0.2, 0.25) is 5.91 Å². The average molecular weight is 157 g/mol. The predicted octanol–water partition coefficient (Wildman–Crippen LogP) is 0.547. The van der Waals surface area contributed by atoms with Gasteiger partial charge in [-0.1, -0.05) is 13.8 Å². The third kappa shape index (κ3) is 3.98. The molecule has 0 aromatic carbocycles. The van der Waals surface area contributed by atoms with Crippen LogP contribution in [0.25, 0.3) is 0 Å². The molecule has 0 radical (unpaired) electrons. The molecule has 0 spiro atoms. The van der Waals surface area contributed by atoms with Crippen LogP contribution in [-0.2, 0) is 9.53 Å². The first-order valence-corrected chi connectivity index (χ1v) is 4.07. The van der Waals surface area contributed by atoms with Gasteiger partial charge in [-0.15, -0.1) is 0 Å². The standard InChI is InChI=1S/C8H15NO2/c1-6(2)3-8(10)9-4-7-5-11-7/h6-7H,3-5H2,1-2H3,(H,9,10)/t7-/m0/s1. The summed E-state index contributed by atoms with van der Waals surface area (Å²) in [6, 6.07) is 0. The lowest BCUT2D eigenvalue weighted by molar-refractivity contribution is -0.121. The van der Waals surface area contributed by atoms with Crippen LogP contribution in [-0.4, -0.2) is 25.2 Å². The van der Waals surface area contributed by atoms with Crippen molar-refractivity contribution < 1.29 is 9.53 Å². The van der Waals surface area contributed by atoms with Gasteiger partial charge in [-0.25, -0.2) is 0 Å². The Balaban J connectivity index is 2.00. The molecule has 1 amide bonds. The first kappa shape index (κ1) is 8.53. The highest BCUT2D eigenvalue weighted by Gasteiger charge is 2.22. The summed E-state index contributed by atoms with van der Waals surface area (Å²) in [4.78, 5) is 11.0. The maximum atomic E-state index is 11.0. The first-order valence-electron chi connectivity index (χ1n) is 4.07. The summed E-state index contributed by atoms with van der Waals surface area (Å²) >= 11 is 0. The maximum Gasteiger partial charge on any atom is 0.220 e. The molecule has 3 nitrogen and oxygen atoms in total. The van der Waals surface area contributed by atoms with E-state index < -0.39 is 0 Å². The second kappa shape index (κ2) is 3.72. The monoisotopic (exact) mass is 157 g/mol. The van der Waals surface area contributed by atoms with Crippen molar-refractivity contribution in [3.8, 4) is 0 Å². The van der Waals surface area contributed by atoms with Gasteiger partial charge in [-0.3, -0.25) is 4.79 Å².